The minimum absolute atomic E-state index is 0.0240. The molecule has 1 aromatic heterocycles. The van der Waals surface area contributed by atoms with Gasteiger partial charge in [0.05, 0.1) is 5.25 Å². The first-order valence-electron chi connectivity index (χ1n) is 5.34. The molecule has 1 unspecified atom stereocenters. The fourth-order valence-electron chi connectivity index (χ4n) is 1.11. The molecule has 17 heavy (non-hydrogen) atoms. The number of hydrogen-bond donors (Lipinski definition) is 2. The van der Waals surface area contributed by atoms with E-state index in [1.807, 2.05) is 27.7 Å². The molecule has 6 nitrogen and oxygen atoms in total. The molecule has 0 spiro atoms. The highest BCUT2D eigenvalue weighted by Crippen LogP contribution is 2.22. The molecule has 0 fully saturated rings. The number of thioether (sulfide) groups is 1. The molecule has 0 bridgehead atoms. The van der Waals surface area contributed by atoms with Crippen molar-refractivity contribution in [2.45, 2.75) is 43.6 Å². The molecule has 0 aliphatic rings. The molecule has 0 aromatic carbocycles. The van der Waals surface area contributed by atoms with Crippen molar-refractivity contribution < 1.29 is 4.79 Å². The zero-order valence-corrected chi connectivity index (χ0v) is 11.6. The van der Waals surface area contributed by atoms with Gasteiger partial charge in [-0.15, -0.1) is 10.2 Å². The van der Waals surface area contributed by atoms with Gasteiger partial charge in [-0.05, 0) is 27.7 Å². The van der Waals surface area contributed by atoms with E-state index in [9.17, 15) is 4.79 Å². The third-order valence-electron chi connectivity index (χ3n) is 2.02. The lowest BCUT2D eigenvalue weighted by atomic mass is 10.1. The van der Waals surface area contributed by atoms with Crippen molar-refractivity contribution in [2.75, 3.05) is 5.73 Å². The predicted molar refractivity (Wildman–Crippen MR) is 68.6 cm³/mol. The number of nitrogens with two attached hydrogens (primary N) is 1. The van der Waals surface area contributed by atoms with E-state index in [-0.39, 0.29) is 16.7 Å². The highest BCUT2D eigenvalue weighted by Gasteiger charge is 2.22. The maximum atomic E-state index is 11.9. The zero-order chi connectivity index (χ0) is 13.2. The van der Waals surface area contributed by atoms with Crippen molar-refractivity contribution >= 4 is 23.6 Å². The van der Waals surface area contributed by atoms with Gasteiger partial charge in [0.1, 0.15) is 0 Å². The van der Waals surface area contributed by atoms with Crippen LogP contribution in [0.3, 0.4) is 0 Å². The summed E-state index contributed by atoms with van der Waals surface area (Å²) in [6.07, 6.45) is 0. The highest BCUT2D eigenvalue weighted by molar-refractivity contribution is 8.00. The van der Waals surface area contributed by atoms with Gasteiger partial charge in [-0.25, -0.2) is 0 Å². The first-order chi connectivity index (χ1) is 7.70. The first-order valence-corrected chi connectivity index (χ1v) is 6.22. The van der Waals surface area contributed by atoms with E-state index in [4.69, 9.17) is 5.73 Å². The molecule has 0 aliphatic carbocycles. The summed E-state index contributed by atoms with van der Waals surface area (Å²) in [5.41, 5.74) is 5.34. The lowest BCUT2D eigenvalue weighted by Crippen LogP contribution is -2.44. The Morgan fingerprint density at radius 2 is 2.06 bits per heavy atom. The van der Waals surface area contributed by atoms with Gasteiger partial charge in [0.25, 0.3) is 0 Å². The smallest absolute Gasteiger partial charge is 0.233 e. The molecule has 3 N–H and O–H groups in total. The number of aromatic nitrogens is 3. The number of anilines is 1. The number of carbonyl (C=O) groups is 1. The van der Waals surface area contributed by atoms with Crippen LogP contribution in [0.5, 0.6) is 0 Å². The third-order valence-corrected chi connectivity index (χ3v) is 3.15. The van der Waals surface area contributed by atoms with Gasteiger partial charge < -0.3 is 11.1 Å². The van der Waals surface area contributed by atoms with E-state index >= 15 is 0 Å². The van der Waals surface area contributed by atoms with Gasteiger partial charge in [0.2, 0.25) is 11.9 Å². The molecule has 7 heteroatoms. The summed E-state index contributed by atoms with van der Waals surface area (Å²) in [5.74, 6) is 0.319. The van der Waals surface area contributed by atoms with Crippen LogP contribution in [0.25, 0.3) is 0 Å². The van der Waals surface area contributed by atoms with Gasteiger partial charge >= 0.3 is 0 Å². The molecule has 0 saturated carbocycles. The normalized spacial score (nSPS) is 13.5. The van der Waals surface area contributed by atoms with Crippen LogP contribution in [0, 0.1) is 0 Å². The van der Waals surface area contributed by atoms with Gasteiger partial charge in [0, 0.05) is 12.6 Å². The van der Waals surface area contributed by atoms with E-state index < -0.39 is 0 Å². The largest absolute Gasteiger partial charge is 0.368 e. The quantitative estimate of drug-likeness (QED) is 0.782. The number of nitrogen functional groups attached to an aromatic ring is 1. The average Bonchev–Trinajstić information content (AvgIpc) is 2.47. The monoisotopic (exact) mass is 257 g/mol. The Balaban J connectivity index is 2.63. The Hall–Kier alpha value is -1.24. The third kappa shape index (κ3) is 3.92. The van der Waals surface area contributed by atoms with Crippen LogP contribution in [-0.4, -0.2) is 31.5 Å². The van der Waals surface area contributed by atoms with E-state index in [1.165, 1.54) is 11.8 Å². The summed E-state index contributed by atoms with van der Waals surface area (Å²) in [6, 6.07) is 0. The second-order valence-corrected chi connectivity index (χ2v) is 6.21. The number of nitrogens with zero attached hydrogens (tertiary/aromatic N) is 3. The van der Waals surface area contributed by atoms with E-state index in [1.54, 1.807) is 11.6 Å². The maximum absolute atomic E-state index is 11.9. The van der Waals surface area contributed by atoms with Crippen LogP contribution in [0.4, 0.5) is 5.95 Å². The summed E-state index contributed by atoms with van der Waals surface area (Å²) in [6.45, 7) is 7.67. The lowest BCUT2D eigenvalue weighted by Gasteiger charge is -2.22. The summed E-state index contributed by atoms with van der Waals surface area (Å²) in [7, 11) is 1.77. The minimum atomic E-state index is -0.239. The molecular formula is C10H19N5OS. The Labute approximate surface area is 105 Å². The van der Waals surface area contributed by atoms with Crippen molar-refractivity contribution in [3.63, 3.8) is 0 Å². The van der Waals surface area contributed by atoms with E-state index in [0.29, 0.717) is 11.1 Å². The molecule has 1 atom stereocenters. The number of nitrogens with one attached hydrogen (secondary N) is 1. The second-order valence-electron chi connectivity index (χ2n) is 4.90. The van der Waals surface area contributed by atoms with Crippen LogP contribution in [0.1, 0.15) is 27.7 Å². The van der Waals surface area contributed by atoms with Gasteiger partial charge in [0.15, 0.2) is 5.16 Å². The van der Waals surface area contributed by atoms with Crippen LogP contribution >= 0.6 is 11.8 Å². The topological polar surface area (TPSA) is 85.8 Å². The fraction of sp³-hybridized carbons (Fsp3) is 0.700. The zero-order valence-electron chi connectivity index (χ0n) is 10.8. The van der Waals surface area contributed by atoms with E-state index in [2.05, 4.69) is 15.5 Å². The van der Waals surface area contributed by atoms with Crippen LogP contribution in [-0.2, 0) is 11.8 Å². The summed E-state index contributed by atoms with van der Waals surface area (Å²) in [4.78, 5) is 11.9. The second kappa shape index (κ2) is 4.95. The molecule has 1 rings (SSSR count). The molecule has 1 amide bonds. The number of rotatable bonds is 3. The van der Waals surface area contributed by atoms with Gasteiger partial charge in [-0.1, -0.05) is 11.8 Å². The average molecular weight is 257 g/mol. The van der Waals surface area contributed by atoms with Crippen molar-refractivity contribution in [1.29, 1.82) is 0 Å². The van der Waals surface area contributed by atoms with Gasteiger partial charge in [-0.2, -0.15) is 0 Å². The Kier molecular flexibility index (Phi) is 4.03. The fourth-order valence-corrected chi connectivity index (χ4v) is 1.93. The van der Waals surface area contributed by atoms with Crippen molar-refractivity contribution in [3.8, 4) is 0 Å². The minimum Gasteiger partial charge on any atom is -0.368 e. The Morgan fingerprint density at radius 1 is 1.47 bits per heavy atom. The van der Waals surface area contributed by atoms with Gasteiger partial charge in [-0.3, -0.25) is 9.36 Å². The highest BCUT2D eigenvalue weighted by atomic mass is 32.2. The summed E-state index contributed by atoms with van der Waals surface area (Å²) < 4.78 is 1.66. The predicted octanol–water partition coefficient (Wildman–Crippen LogP) is 0.793. The molecule has 1 heterocycles. The molecule has 0 aliphatic heterocycles. The molecule has 0 saturated heterocycles. The summed E-state index contributed by atoms with van der Waals surface area (Å²) >= 11 is 1.34. The van der Waals surface area contributed by atoms with Crippen LogP contribution in [0.15, 0.2) is 5.16 Å². The number of carbonyl (C=O) groups excluding carboxylic acids is 1. The van der Waals surface area contributed by atoms with Crippen molar-refractivity contribution in [3.05, 3.63) is 0 Å². The molecule has 0 radical (unpaired) electrons. The summed E-state index contributed by atoms with van der Waals surface area (Å²) in [5, 5.41) is 11.0. The number of hydrogen-bond acceptors (Lipinski definition) is 5. The van der Waals surface area contributed by atoms with Crippen LogP contribution in [0.2, 0.25) is 0 Å². The standard InChI is InChI=1S/C10H19N5OS/c1-6(7(16)12-10(2,3)4)17-9-14-13-8(11)15(9)5/h6H,1-5H3,(H2,11,13)(H,12,16). The first kappa shape index (κ1) is 13.8. The number of amides is 1. The molecule has 96 valence electrons. The van der Waals surface area contributed by atoms with Crippen molar-refractivity contribution in [1.82, 2.24) is 20.1 Å². The SMILES string of the molecule is CC(Sc1nnc(N)n1C)C(=O)NC(C)(C)C. The maximum Gasteiger partial charge on any atom is 0.233 e. The van der Waals surface area contributed by atoms with Crippen molar-refractivity contribution in [2.24, 2.45) is 7.05 Å². The Morgan fingerprint density at radius 3 is 2.47 bits per heavy atom. The molecule has 1 aromatic rings. The molecular weight excluding hydrogens is 238 g/mol. The van der Waals surface area contributed by atoms with E-state index in [0.717, 1.165) is 0 Å². The Bertz CT molecular complexity index is 409. The van der Waals surface area contributed by atoms with Crippen LogP contribution < -0.4 is 11.1 Å². The lowest BCUT2D eigenvalue weighted by molar-refractivity contribution is -0.121.